The highest BCUT2D eigenvalue weighted by Gasteiger charge is 2.13. The molecule has 0 fully saturated rings. The maximum atomic E-state index is 12.6. The normalized spacial score (nSPS) is 11.0. The smallest absolute Gasteiger partial charge is 0.255 e. The summed E-state index contributed by atoms with van der Waals surface area (Å²) in [5.41, 5.74) is 3.11. The van der Waals surface area contributed by atoms with Crippen LogP contribution in [0.25, 0.3) is 16.2 Å². The van der Waals surface area contributed by atoms with Crippen LogP contribution in [0.3, 0.4) is 0 Å². The van der Waals surface area contributed by atoms with Crippen molar-refractivity contribution in [3.63, 3.8) is 0 Å². The Morgan fingerprint density at radius 3 is 2.62 bits per heavy atom. The van der Waals surface area contributed by atoms with Crippen LogP contribution in [0.5, 0.6) is 11.5 Å². The van der Waals surface area contributed by atoms with E-state index in [1.54, 1.807) is 36.6 Å². The minimum Gasteiger partial charge on any atom is -0.493 e. The van der Waals surface area contributed by atoms with Crippen LogP contribution in [-0.2, 0) is 0 Å². The van der Waals surface area contributed by atoms with E-state index in [1.165, 1.54) is 0 Å². The van der Waals surface area contributed by atoms with Crippen LogP contribution in [0, 0.1) is 0 Å². The highest BCUT2D eigenvalue weighted by Crippen LogP contribution is 2.29. The highest BCUT2D eigenvalue weighted by atomic mass is 32.1. The topological polar surface area (TPSA) is 64.9 Å². The molecular weight excluding hydrogens is 386 g/mol. The van der Waals surface area contributed by atoms with Gasteiger partial charge in [0.25, 0.3) is 5.91 Å². The number of ether oxygens (including phenoxy) is 2. The van der Waals surface area contributed by atoms with E-state index in [2.05, 4.69) is 10.3 Å². The van der Waals surface area contributed by atoms with Crippen LogP contribution in [0.1, 0.15) is 24.2 Å². The lowest BCUT2D eigenvalue weighted by molar-refractivity contribution is 0.102. The lowest BCUT2D eigenvalue weighted by Gasteiger charge is -2.14. The van der Waals surface area contributed by atoms with E-state index < -0.39 is 0 Å². The Kier molecular flexibility index (Phi) is 5.22. The van der Waals surface area contributed by atoms with Crippen molar-refractivity contribution in [2.24, 2.45) is 0 Å². The largest absolute Gasteiger partial charge is 0.493 e. The summed E-state index contributed by atoms with van der Waals surface area (Å²) in [6.07, 6.45) is 4.00. The Morgan fingerprint density at radius 1 is 1.14 bits per heavy atom. The summed E-state index contributed by atoms with van der Waals surface area (Å²) in [6, 6.07) is 12.8. The van der Waals surface area contributed by atoms with Gasteiger partial charge in [0.1, 0.15) is 0 Å². The lowest BCUT2D eigenvalue weighted by atomic mass is 10.1. The second-order valence-corrected chi connectivity index (χ2v) is 7.66. The molecular formula is C22H21N3O3S. The van der Waals surface area contributed by atoms with Gasteiger partial charge in [-0.2, -0.15) is 0 Å². The third-order valence-corrected chi connectivity index (χ3v) is 5.09. The third-order valence-electron chi connectivity index (χ3n) is 4.32. The average molecular weight is 407 g/mol. The van der Waals surface area contributed by atoms with Crippen molar-refractivity contribution in [1.82, 2.24) is 9.38 Å². The first-order valence-electron chi connectivity index (χ1n) is 9.22. The summed E-state index contributed by atoms with van der Waals surface area (Å²) in [4.78, 5) is 18.2. The van der Waals surface area contributed by atoms with Gasteiger partial charge in [-0.25, -0.2) is 4.98 Å². The third kappa shape index (κ3) is 4.09. The van der Waals surface area contributed by atoms with Gasteiger partial charge in [0.15, 0.2) is 16.5 Å². The van der Waals surface area contributed by atoms with Crippen molar-refractivity contribution in [1.29, 1.82) is 0 Å². The molecule has 2 aromatic carbocycles. The maximum absolute atomic E-state index is 12.6. The fourth-order valence-corrected chi connectivity index (χ4v) is 3.65. The zero-order valence-electron chi connectivity index (χ0n) is 16.4. The number of carbonyl (C=O) groups is 1. The predicted octanol–water partition coefficient (Wildman–Crippen LogP) is 5.11. The van der Waals surface area contributed by atoms with Crippen LogP contribution in [0.15, 0.2) is 60.2 Å². The Bertz CT molecular complexity index is 1120. The van der Waals surface area contributed by atoms with E-state index in [4.69, 9.17) is 9.47 Å². The van der Waals surface area contributed by atoms with Gasteiger partial charge in [0.05, 0.1) is 18.9 Å². The number of nitrogens with zero attached hydrogens (tertiary/aromatic N) is 2. The molecule has 0 saturated heterocycles. The molecule has 0 radical (unpaired) electrons. The number of hydrogen-bond donors (Lipinski definition) is 1. The number of carbonyl (C=O) groups excluding carboxylic acids is 1. The molecule has 29 heavy (non-hydrogen) atoms. The van der Waals surface area contributed by atoms with E-state index in [0.29, 0.717) is 22.7 Å². The van der Waals surface area contributed by atoms with Gasteiger partial charge in [-0.1, -0.05) is 12.1 Å². The number of rotatable bonds is 6. The summed E-state index contributed by atoms with van der Waals surface area (Å²) >= 11 is 1.59. The second-order valence-electron chi connectivity index (χ2n) is 6.78. The van der Waals surface area contributed by atoms with Crippen LogP contribution in [0.2, 0.25) is 0 Å². The number of imidazole rings is 1. The van der Waals surface area contributed by atoms with Crippen LogP contribution in [-0.4, -0.2) is 28.5 Å². The van der Waals surface area contributed by atoms with E-state index >= 15 is 0 Å². The van der Waals surface area contributed by atoms with E-state index in [9.17, 15) is 4.79 Å². The van der Waals surface area contributed by atoms with E-state index in [1.807, 2.05) is 60.3 Å². The quantitative estimate of drug-likeness (QED) is 0.482. The number of benzene rings is 2. The molecule has 0 aliphatic heterocycles. The van der Waals surface area contributed by atoms with E-state index in [-0.39, 0.29) is 12.0 Å². The Morgan fingerprint density at radius 2 is 1.93 bits per heavy atom. The van der Waals surface area contributed by atoms with Crippen LogP contribution >= 0.6 is 11.3 Å². The van der Waals surface area contributed by atoms with Gasteiger partial charge >= 0.3 is 0 Å². The number of anilines is 1. The van der Waals surface area contributed by atoms with Crippen LogP contribution < -0.4 is 14.8 Å². The first kappa shape index (κ1) is 19.0. The number of methoxy groups -OCH3 is 1. The van der Waals surface area contributed by atoms with Crippen molar-refractivity contribution in [3.8, 4) is 22.8 Å². The average Bonchev–Trinajstić information content (AvgIpc) is 3.30. The molecule has 148 valence electrons. The predicted molar refractivity (Wildman–Crippen MR) is 115 cm³/mol. The molecule has 2 heterocycles. The molecule has 0 saturated carbocycles. The molecule has 0 bridgehead atoms. The van der Waals surface area contributed by atoms with Gasteiger partial charge in [-0.05, 0) is 44.2 Å². The first-order chi connectivity index (χ1) is 14.0. The molecule has 7 heteroatoms. The van der Waals surface area contributed by atoms with E-state index in [0.717, 1.165) is 16.2 Å². The Labute approximate surface area is 172 Å². The summed E-state index contributed by atoms with van der Waals surface area (Å²) < 4.78 is 13.0. The zero-order chi connectivity index (χ0) is 20.4. The monoisotopic (exact) mass is 407 g/mol. The summed E-state index contributed by atoms with van der Waals surface area (Å²) in [5.74, 6) is 0.930. The van der Waals surface area contributed by atoms with Gasteiger partial charge in [-0.15, -0.1) is 11.3 Å². The molecule has 0 aliphatic carbocycles. The van der Waals surface area contributed by atoms with Crippen molar-refractivity contribution in [3.05, 3.63) is 65.8 Å². The molecule has 4 rings (SSSR count). The summed E-state index contributed by atoms with van der Waals surface area (Å²) in [5, 5.41) is 4.91. The fraction of sp³-hybridized carbons (Fsp3) is 0.182. The van der Waals surface area contributed by atoms with Crippen molar-refractivity contribution < 1.29 is 14.3 Å². The fourth-order valence-electron chi connectivity index (χ4n) is 2.95. The molecule has 0 aliphatic rings. The zero-order valence-corrected chi connectivity index (χ0v) is 17.2. The molecule has 1 amide bonds. The molecule has 0 unspecified atom stereocenters. The standard InChI is InChI=1S/C22H21N3O3S/c1-14(2)28-19-9-6-16(12-20(19)27-3)21(26)23-17-7-4-15(5-8-17)18-13-25-10-11-29-22(25)24-18/h4-14H,1-3H3,(H,23,26). The molecule has 2 aromatic heterocycles. The SMILES string of the molecule is COc1cc(C(=O)Nc2ccc(-c3cn4ccsc4n3)cc2)ccc1OC(C)C. The number of fused-ring (bicyclic) bond motifs is 1. The number of hydrogen-bond acceptors (Lipinski definition) is 5. The van der Waals surface area contributed by atoms with Gasteiger partial charge in [0.2, 0.25) is 0 Å². The number of nitrogens with one attached hydrogen (secondary N) is 1. The van der Waals surface area contributed by atoms with Crippen LogP contribution in [0.4, 0.5) is 5.69 Å². The summed E-state index contributed by atoms with van der Waals surface area (Å²) in [7, 11) is 1.56. The lowest BCUT2D eigenvalue weighted by Crippen LogP contribution is -2.13. The van der Waals surface area contributed by atoms with Gasteiger partial charge in [-0.3, -0.25) is 9.20 Å². The van der Waals surface area contributed by atoms with Gasteiger partial charge < -0.3 is 14.8 Å². The molecule has 0 atom stereocenters. The van der Waals surface area contributed by atoms with Crippen molar-refractivity contribution in [2.45, 2.75) is 20.0 Å². The van der Waals surface area contributed by atoms with Crippen molar-refractivity contribution in [2.75, 3.05) is 12.4 Å². The van der Waals surface area contributed by atoms with Gasteiger partial charge in [0, 0.05) is 34.6 Å². The minimum absolute atomic E-state index is 0.0215. The summed E-state index contributed by atoms with van der Waals surface area (Å²) in [6.45, 7) is 3.88. The number of aromatic nitrogens is 2. The number of thiazole rings is 1. The molecule has 0 spiro atoms. The Balaban J connectivity index is 1.48. The maximum Gasteiger partial charge on any atom is 0.255 e. The highest BCUT2D eigenvalue weighted by molar-refractivity contribution is 7.15. The molecule has 1 N–H and O–H groups in total. The Hall–Kier alpha value is -3.32. The van der Waals surface area contributed by atoms with Crippen molar-refractivity contribution >= 4 is 27.9 Å². The molecule has 6 nitrogen and oxygen atoms in total. The first-order valence-corrected chi connectivity index (χ1v) is 10.1. The second kappa shape index (κ2) is 7.97. The molecule has 4 aromatic rings. The number of amides is 1. The minimum atomic E-state index is -0.213.